The molecule has 0 N–H and O–H groups in total. The van der Waals surface area contributed by atoms with Gasteiger partial charge in [0.2, 0.25) is 21.7 Å². The van der Waals surface area contributed by atoms with Crippen molar-refractivity contribution in [1.82, 2.24) is 9.21 Å². The van der Waals surface area contributed by atoms with Crippen LogP contribution in [0.2, 0.25) is 0 Å². The predicted molar refractivity (Wildman–Crippen MR) is 130 cm³/mol. The molecule has 1 fully saturated rings. The number of halogens is 1. The van der Waals surface area contributed by atoms with E-state index in [0.717, 1.165) is 37.0 Å². The molecule has 0 heterocycles. The van der Waals surface area contributed by atoms with Crippen LogP contribution in [0.15, 0.2) is 41.3 Å². The topological polar surface area (TPSA) is 85.4 Å². The van der Waals surface area contributed by atoms with Gasteiger partial charge in [0.15, 0.2) is 11.5 Å². The highest BCUT2D eigenvalue weighted by Gasteiger charge is 2.34. The number of nitrogens with zero attached hydrogens (tertiary/aromatic N) is 2. The summed E-state index contributed by atoms with van der Waals surface area (Å²) in [6.07, 6.45) is 4.20. The molecule has 2 aromatic rings. The molecule has 0 unspecified atom stereocenters. The summed E-state index contributed by atoms with van der Waals surface area (Å²) < 4.78 is 57.8. The first-order valence-electron chi connectivity index (χ1n) is 11.5. The predicted octanol–water partition coefficient (Wildman–Crippen LogP) is 3.83. The molecular formula is C25H33FN2O6S. The Morgan fingerprint density at radius 2 is 1.54 bits per heavy atom. The van der Waals surface area contributed by atoms with Gasteiger partial charge in [-0.3, -0.25) is 4.79 Å². The van der Waals surface area contributed by atoms with Crippen LogP contribution in [0.3, 0.4) is 0 Å². The van der Waals surface area contributed by atoms with Crippen LogP contribution in [-0.2, 0) is 21.4 Å². The molecule has 0 atom stereocenters. The van der Waals surface area contributed by atoms with E-state index in [9.17, 15) is 17.6 Å². The molecule has 3 rings (SSSR count). The van der Waals surface area contributed by atoms with Gasteiger partial charge in [-0.25, -0.2) is 12.8 Å². The Bertz CT molecular complexity index is 1090. The Balaban J connectivity index is 1.84. The molecule has 10 heteroatoms. The highest BCUT2D eigenvalue weighted by Crippen LogP contribution is 2.38. The lowest BCUT2D eigenvalue weighted by Gasteiger charge is -2.34. The fourth-order valence-corrected chi connectivity index (χ4v) is 6.00. The molecule has 0 bridgehead atoms. The van der Waals surface area contributed by atoms with Crippen molar-refractivity contribution in [1.29, 1.82) is 0 Å². The zero-order valence-electron chi connectivity index (χ0n) is 20.6. The number of hydrogen-bond acceptors (Lipinski definition) is 6. The van der Waals surface area contributed by atoms with Gasteiger partial charge in [0, 0.05) is 19.6 Å². The van der Waals surface area contributed by atoms with Crippen LogP contribution in [0.4, 0.5) is 4.39 Å². The number of methoxy groups -OCH3 is 3. The van der Waals surface area contributed by atoms with Crippen molar-refractivity contribution >= 4 is 15.9 Å². The third kappa shape index (κ3) is 6.24. The fourth-order valence-electron chi connectivity index (χ4n) is 4.36. The Labute approximate surface area is 206 Å². The molecule has 0 aliphatic heterocycles. The molecule has 1 aliphatic carbocycles. The summed E-state index contributed by atoms with van der Waals surface area (Å²) in [5.74, 6) is 0.502. The Hall–Kier alpha value is -2.85. The number of hydrogen-bond donors (Lipinski definition) is 0. The number of benzene rings is 2. The quantitative estimate of drug-likeness (QED) is 0.485. The summed E-state index contributed by atoms with van der Waals surface area (Å²) in [7, 11) is 2.17. The lowest BCUT2D eigenvalue weighted by molar-refractivity contribution is -0.131. The first-order valence-corrected chi connectivity index (χ1v) is 13.0. The standard InChI is InChI=1S/C25H33FN2O6S/c1-27(16-18-14-22(32-2)25(34-4)23(15-18)33-3)24(29)17-28(20-8-6-5-7-9-20)35(30,31)21-12-10-19(26)11-13-21/h10-15,20H,5-9,16-17H2,1-4H3. The normalized spacial score (nSPS) is 14.6. The summed E-state index contributed by atoms with van der Waals surface area (Å²) in [5.41, 5.74) is 0.737. The van der Waals surface area contributed by atoms with Crippen LogP contribution in [0.25, 0.3) is 0 Å². The van der Waals surface area contributed by atoms with E-state index in [2.05, 4.69) is 0 Å². The second kappa shape index (κ2) is 11.7. The van der Waals surface area contributed by atoms with Gasteiger partial charge in [0.05, 0.1) is 32.8 Å². The lowest BCUT2D eigenvalue weighted by atomic mass is 9.95. The minimum atomic E-state index is -3.99. The monoisotopic (exact) mass is 508 g/mol. The molecule has 8 nitrogen and oxygen atoms in total. The Kier molecular flexibility index (Phi) is 8.96. The van der Waals surface area contributed by atoms with Gasteiger partial charge in [-0.2, -0.15) is 4.31 Å². The van der Waals surface area contributed by atoms with Gasteiger partial charge in [-0.15, -0.1) is 0 Å². The average molecular weight is 509 g/mol. The SMILES string of the molecule is COc1cc(CN(C)C(=O)CN(C2CCCCC2)S(=O)(=O)c2ccc(F)cc2)cc(OC)c1OC. The fraction of sp³-hybridized carbons (Fsp3) is 0.480. The molecule has 35 heavy (non-hydrogen) atoms. The first kappa shape index (κ1) is 26.7. The number of likely N-dealkylation sites (N-methyl/N-ethyl adjacent to an activating group) is 1. The van der Waals surface area contributed by atoms with Crippen molar-refractivity contribution in [2.75, 3.05) is 34.9 Å². The van der Waals surface area contributed by atoms with E-state index < -0.39 is 15.8 Å². The van der Waals surface area contributed by atoms with Gasteiger partial charge >= 0.3 is 0 Å². The van der Waals surface area contributed by atoms with Crippen molar-refractivity contribution in [2.24, 2.45) is 0 Å². The van der Waals surface area contributed by atoms with Gasteiger partial charge < -0.3 is 19.1 Å². The van der Waals surface area contributed by atoms with Gasteiger partial charge in [0.1, 0.15) is 5.82 Å². The molecule has 0 saturated heterocycles. The number of rotatable bonds is 10. The molecule has 192 valence electrons. The minimum Gasteiger partial charge on any atom is -0.493 e. The number of amides is 1. The zero-order chi connectivity index (χ0) is 25.6. The van der Waals surface area contributed by atoms with Crippen molar-refractivity contribution in [3.05, 3.63) is 47.8 Å². The maximum Gasteiger partial charge on any atom is 0.243 e. The molecular weight excluding hydrogens is 475 g/mol. The molecule has 1 amide bonds. The first-order chi connectivity index (χ1) is 16.7. The molecule has 1 aliphatic rings. The number of carbonyl (C=O) groups excluding carboxylic acids is 1. The number of carbonyl (C=O) groups is 1. The summed E-state index contributed by atoms with van der Waals surface area (Å²) >= 11 is 0. The van der Waals surface area contributed by atoms with Crippen molar-refractivity contribution < 1.29 is 31.8 Å². The van der Waals surface area contributed by atoms with E-state index in [-0.39, 0.29) is 29.9 Å². The van der Waals surface area contributed by atoms with Crippen molar-refractivity contribution in [3.63, 3.8) is 0 Å². The van der Waals surface area contributed by atoms with Crippen LogP contribution in [-0.4, -0.2) is 64.5 Å². The smallest absolute Gasteiger partial charge is 0.243 e. The number of ether oxygens (including phenoxy) is 3. The van der Waals surface area contributed by atoms with Crippen LogP contribution in [0, 0.1) is 5.82 Å². The second-order valence-electron chi connectivity index (χ2n) is 8.58. The summed E-state index contributed by atoms with van der Waals surface area (Å²) in [6, 6.07) is 7.93. The second-order valence-corrected chi connectivity index (χ2v) is 10.5. The van der Waals surface area contributed by atoms with Crippen LogP contribution >= 0.6 is 0 Å². The Morgan fingerprint density at radius 3 is 2.06 bits per heavy atom. The molecule has 0 spiro atoms. The van der Waals surface area contributed by atoms with Crippen LogP contribution < -0.4 is 14.2 Å². The van der Waals surface area contributed by atoms with E-state index in [4.69, 9.17) is 14.2 Å². The van der Waals surface area contributed by atoms with Gasteiger partial charge in [-0.1, -0.05) is 19.3 Å². The maximum absolute atomic E-state index is 13.5. The third-order valence-corrected chi connectivity index (χ3v) is 8.18. The molecule has 0 aromatic heterocycles. The summed E-state index contributed by atoms with van der Waals surface area (Å²) in [5, 5.41) is 0. The van der Waals surface area contributed by atoms with Crippen LogP contribution in [0.1, 0.15) is 37.7 Å². The molecule has 0 radical (unpaired) electrons. The average Bonchev–Trinajstić information content (AvgIpc) is 2.87. The van der Waals surface area contributed by atoms with E-state index in [1.807, 2.05) is 0 Å². The highest BCUT2D eigenvalue weighted by molar-refractivity contribution is 7.89. The molecule has 1 saturated carbocycles. The third-order valence-electron chi connectivity index (χ3n) is 6.26. The largest absolute Gasteiger partial charge is 0.493 e. The van der Waals surface area contributed by atoms with E-state index in [1.54, 1.807) is 19.2 Å². The van der Waals surface area contributed by atoms with E-state index in [1.165, 1.54) is 42.7 Å². The van der Waals surface area contributed by atoms with Gasteiger partial charge in [0.25, 0.3) is 0 Å². The lowest BCUT2D eigenvalue weighted by Crippen LogP contribution is -2.47. The maximum atomic E-state index is 13.5. The molecule has 2 aromatic carbocycles. The Morgan fingerprint density at radius 1 is 0.971 bits per heavy atom. The van der Waals surface area contributed by atoms with Gasteiger partial charge in [-0.05, 0) is 54.8 Å². The van der Waals surface area contributed by atoms with Crippen LogP contribution in [0.5, 0.6) is 17.2 Å². The zero-order valence-corrected chi connectivity index (χ0v) is 21.4. The van der Waals surface area contributed by atoms with Crippen molar-refractivity contribution in [2.45, 2.75) is 49.6 Å². The summed E-state index contributed by atoms with van der Waals surface area (Å²) in [4.78, 5) is 14.7. The minimum absolute atomic E-state index is 0.0236. The summed E-state index contributed by atoms with van der Waals surface area (Å²) in [6.45, 7) is -0.0874. The van der Waals surface area contributed by atoms with E-state index >= 15 is 0 Å². The highest BCUT2D eigenvalue weighted by atomic mass is 32.2. The van der Waals surface area contributed by atoms with E-state index in [0.29, 0.717) is 30.1 Å². The van der Waals surface area contributed by atoms with Crippen molar-refractivity contribution in [3.8, 4) is 17.2 Å². The number of sulfonamides is 1.